The number of carbonyl (C=O) groups is 14. The number of nitrogens with one attached hydrogen (secondary N) is 8. The van der Waals surface area contributed by atoms with Crippen molar-refractivity contribution in [1.29, 1.82) is 0 Å². The fraction of sp³-hybridized carbons (Fsp3) is 0.481. The van der Waals surface area contributed by atoms with Gasteiger partial charge >= 0.3 is 23.9 Å². The van der Waals surface area contributed by atoms with Crippen LogP contribution in [0.1, 0.15) is 81.8 Å². The number of hydrogen-bond donors (Lipinski definition) is 17. The molecule has 0 fully saturated rings. The summed E-state index contributed by atoms with van der Waals surface area (Å²) in [6.45, 7) is -0.128. The summed E-state index contributed by atoms with van der Waals surface area (Å²) in [5.41, 5.74) is 27.9. The summed E-state index contributed by atoms with van der Waals surface area (Å²) in [6, 6.07) is 0.747. The van der Waals surface area contributed by atoms with E-state index >= 15 is 0 Å². The van der Waals surface area contributed by atoms with Crippen molar-refractivity contribution in [2.45, 2.75) is 138 Å². The predicted molar refractivity (Wildman–Crippen MR) is 302 cm³/mol. The second-order valence-corrected chi connectivity index (χ2v) is 20.2. The van der Waals surface area contributed by atoms with Gasteiger partial charge in [-0.2, -0.15) is 11.8 Å². The molecule has 0 aliphatic heterocycles. The Kier molecular flexibility index (Phi) is 31.8. The van der Waals surface area contributed by atoms with E-state index in [0.717, 1.165) is 0 Å². The minimum Gasteiger partial charge on any atom is -0.481 e. The van der Waals surface area contributed by atoms with E-state index in [1.54, 1.807) is 54.8 Å². The maximum atomic E-state index is 14.4. The van der Waals surface area contributed by atoms with E-state index in [9.17, 15) is 87.5 Å². The van der Waals surface area contributed by atoms with Crippen LogP contribution >= 0.6 is 11.8 Å². The molecule has 0 radical (unpaired) electrons. The Labute approximate surface area is 491 Å². The van der Waals surface area contributed by atoms with Crippen molar-refractivity contribution in [3.8, 4) is 0 Å². The molecule has 22 N–H and O–H groups in total. The molecular weight excluding hydrogens is 1140 g/mol. The molecule has 0 spiro atoms. The lowest BCUT2D eigenvalue weighted by Crippen LogP contribution is -2.61. The first kappa shape index (κ1) is 71.7. The Morgan fingerprint density at radius 1 is 0.435 bits per heavy atom. The normalized spacial score (nSPS) is 14.0. The molecule has 9 unspecified atom stereocenters. The minimum absolute atomic E-state index is 0.000126. The van der Waals surface area contributed by atoms with Crippen LogP contribution in [0.2, 0.25) is 0 Å². The number of carboxylic acid groups (broad SMARTS) is 4. The van der Waals surface area contributed by atoms with Crippen LogP contribution in [0.3, 0.4) is 0 Å². The van der Waals surface area contributed by atoms with Crippen molar-refractivity contribution in [1.82, 2.24) is 42.5 Å². The number of aliphatic imine (C=N–C) groups is 1. The van der Waals surface area contributed by atoms with E-state index in [2.05, 4.69) is 47.5 Å². The molecule has 466 valence electrons. The zero-order chi connectivity index (χ0) is 63.8. The van der Waals surface area contributed by atoms with Gasteiger partial charge in [-0.3, -0.25) is 67.3 Å². The van der Waals surface area contributed by atoms with Crippen molar-refractivity contribution in [2.75, 3.05) is 18.6 Å². The fourth-order valence-corrected chi connectivity index (χ4v) is 8.36. The smallest absolute Gasteiger partial charge is 0.326 e. The standard InChI is InChI=1S/C52H74N14O18S/c1-85-22-20-33(59-43(75)29(53)25-39(55)68)47(79)64-35(23-27-9-4-2-5-10-27)49(81)62-32(16-19-41(71)72)46(78)66-37(26-42(73)74)50(82)65-36(24-28-11-6-3-7-12-28)48(80)60-30(13-8-21-58-52(56)57)44(76)61-31(15-18-40(69)70)45(77)63-34(51(83)84)14-17-38(54)67/h2-7,9-12,29-37H,8,13-26,53H2,1H3,(H2,54,67)(H2,55,68)(H,59,75)(H,60,80)(H,61,76)(H,62,81)(H,63,77)(H,64,79)(H,65,82)(H,66,78)(H,69,70)(H,71,72)(H,73,74)(H,83,84)(H4,56,57,58). The summed E-state index contributed by atoms with van der Waals surface area (Å²) < 4.78 is 0. The van der Waals surface area contributed by atoms with Crippen LogP contribution < -0.4 is 71.2 Å². The van der Waals surface area contributed by atoms with Gasteiger partial charge in [-0.15, -0.1) is 0 Å². The lowest BCUT2D eigenvalue weighted by atomic mass is 10.0. The minimum atomic E-state index is -2.09. The first-order valence-electron chi connectivity index (χ1n) is 26.4. The van der Waals surface area contributed by atoms with Crippen molar-refractivity contribution < 1.29 is 87.5 Å². The highest BCUT2D eigenvalue weighted by Crippen LogP contribution is 2.12. The zero-order valence-corrected chi connectivity index (χ0v) is 47.1. The largest absolute Gasteiger partial charge is 0.481 e. The highest BCUT2D eigenvalue weighted by molar-refractivity contribution is 7.98. The second-order valence-electron chi connectivity index (χ2n) is 19.2. The first-order valence-corrected chi connectivity index (χ1v) is 27.7. The Morgan fingerprint density at radius 3 is 1.19 bits per heavy atom. The van der Waals surface area contributed by atoms with E-state index in [4.69, 9.17) is 28.7 Å². The lowest BCUT2D eigenvalue weighted by molar-refractivity contribution is -0.143. The van der Waals surface area contributed by atoms with E-state index in [0.29, 0.717) is 16.9 Å². The molecule has 0 bridgehead atoms. The summed E-state index contributed by atoms with van der Waals surface area (Å²) in [7, 11) is 0. The maximum absolute atomic E-state index is 14.4. The molecule has 0 aromatic heterocycles. The van der Waals surface area contributed by atoms with E-state index in [-0.39, 0.29) is 44.6 Å². The van der Waals surface area contributed by atoms with E-state index in [1.807, 2.05) is 0 Å². The monoisotopic (exact) mass is 1210 g/mol. The number of carboxylic acids is 4. The number of thioether (sulfide) groups is 1. The van der Waals surface area contributed by atoms with Crippen molar-refractivity contribution in [3.05, 3.63) is 71.8 Å². The molecule has 0 saturated carbocycles. The average Bonchev–Trinajstić information content (AvgIpc) is 3.65. The van der Waals surface area contributed by atoms with Crippen molar-refractivity contribution in [3.63, 3.8) is 0 Å². The number of hydrogen-bond acceptors (Lipinski definition) is 17. The fourth-order valence-electron chi connectivity index (χ4n) is 7.89. The molecule has 0 heterocycles. The van der Waals surface area contributed by atoms with Gasteiger partial charge in [0.2, 0.25) is 59.1 Å². The van der Waals surface area contributed by atoms with Crippen molar-refractivity contribution in [2.24, 2.45) is 33.7 Å². The third-order valence-corrected chi connectivity index (χ3v) is 12.9. The van der Waals surface area contributed by atoms with Crippen LogP contribution in [0.25, 0.3) is 0 Å². The number of nitrogens with zero attached hydrogens (tertiary/aromatic N) is 1. The molecule has 10 amide bonds. The number of carbonyl (C=O) groups excluding carboxylic acids is 10. The summed E-state index contributed by atoms with van der Waals surface area (Å²) in [5.74, 6) is -17.0. The number of amides is 10. The van der Waals surface area contributed by atoms with Gasteiger partial charge in [0.05, 0.1) is 18.9 Å². The van der Waals surface area contributed by atoms with Gasteiger partial charge in [0.1, 0.15) is 48.3 Å². The number of aliphatic carboxylic acids is 4. The van der Waals surface area contributed by atoms with E-state index in [1.165, 1.54) is 23.9 Å². The second kappa shape index (κ2) is 37.7. The Balaban J connectivity index is 2.60. The molecule has 33 heteroatoms. The molecule has 85 heavy (non-hydrogen) atoms. The summed E-state index contributed by atoms with van der Waals surface area (Å²) in [4.78, 5) is 186. The Bertz CT molecular complexity index is 2700. The molecule has 2 rings (SSSR count). The predicted octanol–water partition coefficient (Wildman–Crippen LogP) is -5.09. The van der Waals surface area contributed by atoms with Gasteiger partial charge < -0.3 is 91.6 Å². The number of guanidine groups is 1. The number of benzene rings is 2. The molecule has 9 atom stereocenters. The van der Waals surface area contributed by atoms with Crippen molar-refractivity contribution >= 4 is 101 Å². The van der Waals surface area contributed by atoms with Gasteiger partial charge in [0.15, 0.2) is 5.96 Å². The van der Waals surface area contributed by atoms with Gasteiger partial charge in [-0.1, -0.05) is 60.7 Å². The quantitative estimate of drug-likeness (QED) is 0.0168. The van der Waals surface area contributed by atoms with Gasteiger partial charge in [0, 0.05) is 38.6 Å². The van der Waals surface area contributed by atoms with Gasteiger partial charge in [-0.05, 0) is 61.7 Å². The summed E-state index contributed by atoms with van der Waals surface area (Å²) in [6.07, 6.45) is -4.80. The molecular formula is C52H74N14O18S. The molecule has 0 aliphatic carbocycles. The topological polar surface area (TPSA) is 559 Å². The van der Waals surface area contributed by atoms with Crippen LogP contribution in [0.4, 0.5) is 0 Å². The molecule has 0 saturated heterocycles. The average molecular weight is 1220 g/mol. The summed E-state index contributed by atoms with van der Waals surface area (Å²) >= 11 is 1.31. The maximum Gasteiger partial charge on any atom is 0.326 e. The molecule has 32 nitrogen and oxygen atoms in total. The lowest BCUT2D eigenvalue weighted by Gasteiger charge is -2.28. The van der Waals surface area contributed by atoms with E-state index < -0.39 is 189 Å². The first-order chi connectivity index (χ1) is 40.1. The number of rotatable bonds is 41. The SMILES string of the molecule is CSCCC(NC(=O)C(N)CC(N)=O)C(=O)NC(Cc1ccccc1)C(=O)NC(CCC(=O)O)C(=O)NC(CC(=O)O)C(=O)NC(Cc1ccccc1)C(=O)NC(CCCN=C(N)N)C(=O)NC(CCC(=O)O)C(=O)NC(CCC(N)=O)C(=O)O. The molecule has 2 aromatic rings. The third-order valence-electron chi connectivity index (χ3n) is 12.3. The van der Waals surface area contributed by atoms with Crippen LogP contribution in [0, 0.1) is 0 Å². The van der Waals surface area contributed by atoms with Gasteiger partial charge in [-0.25, -0.2) is 4.79 Å². The summed E-state index contributed by atoms with van der Waals surface area (Å²) in [5, 5.41) is 57.6. The van der Waals surface area contributed by atoms with Crippen LogP contribution in [-0.4, -0.2) is 182 Å². The highest BCUT2D eigenvalue weighted by atomic mass is 32.2. The van der Waals surface area contributed by atoms with Crippen LogP contribution in [0.5, 0.6) is 0 Å². The number of primary amides is 2. The Hall–Kier alpha value is -9.40. The van der Waals surface area contributed by atoms with Crippen LogP contribution in [0.15, 0.2) is 65.7 Å². The molecule has 2 aromatic carbocycles. The molecule has 0 aliphatic rings. The third kappa shape index (κ3) is 28.9. The zero-order valence-electron chi connectivity index (χ0n) is 46.3. The highest BCUT2D eigenvalue weighted by Gasteiger charge is 2.36. The van der Waals surface area contributed by atoms with Crippen LogP contribution in [-0.2, 0) is 80.0 Å². The van der Waals surface area contributed by atoms with Gasteiger partial charge in [0.25, 0.3) is 0 Å². The Morgan fingerprint density at radius 2 is 0.800 bits per heavy atom. The number of nitrogens with two attached hydrogens (primary N) is 5.